The van der Waals surface area contributed by atoms with E-state index in [1.165, 1.54) is 26.3 Å². The zero-order valence-corrected chi connectivity index (χ0v) is 21.1. The molecule has 2 aliphatic rings. The highest BCUT2D eigenvalue weighted by Crippen LogP contribution is 2.47. The highest BCUT2D eigenvalue weighted by atomic mass is 32.1. The van der Waals surface area contributed by atoms with Crippen molar-refractivity contribution in [2.75, 3.05) is 10.0 Å². The van der Waals surface area contributed by atoms with Crippen LogP contribution in [0.15, 0.2) is 102 Å². The summed E-state index contributed by atoms with van der Waals surface area (Å²) in [5.74, 6) is 1.95. The first-order valence-electron chi connectivity index (χ1n) is 12.1. The summed E-state index contributed by atoms with van der Waals surface area (Å²) in [6.45, 7) is -0.134. The Kier molecular flexibility index (Phi) is 4.59. The quantitative estimate of drug-likeness (QED) is 0.261. The van der Waals surface area contributed by atoms with Crippen molar-refractivity contribution >= 4 is 52.4 Å². The minimum atomic E-state index is -0.134. The lowest BCUT2D eigenvalue weighted by Crippen LogP contribution is -2.57. The molecule has 0 atom stereocenters. The number of fused-ring (bicyclic) bond motifs is 4. The number of nitrogens with one attached hydrogen (secondary N) is 1. The number of anilines is 3. The van der Waals surface area contributed by atoms with Crippen LogP contribution >= 0.6 is 22.7 Å². The van der Waals surface area contributed by atoms with Gasteiger partial charge in [-0.3, -0.25) is 0 Å². The molecule has 0 saturated carbocycles. The van der Waals surface area contributed by atoms with Crippen molar-refractivity contribution in [3.8, 4) is 43.7 Å². The molecule has 6 aromatic rings. The van der Waals surface area contributed by atoms with Crippen LogP contribution in [0.2, 0.25) is 0 Å². The Morgan fingerprint density at radius 3 is 1.95 bits per heavy atom. The zero-order valence-electron chi connectivity index (χ0n) is 19.5. The van der Waals surface area contributed by atoms with Gasteiger partial charge in [0, 0.05) is 16.8 Å². The second-order valence-electron chi connectivity index (χ2n) is 9.00. The number of hydrogen-bond donors (Lipinski definition) is 1. The van der Waals surface area contributed by atoms with Gasteiger partial charge in [-0.25, -0.2) is 4.98 Å². The predicted molar refractivity (Wildman–Crippen MR) is 155 cm³/mol. The van der Waals surface area contributed by atoms with E-state index in [4.69, 9.17) is 15.0 Å². The van der Waals surface area contributed by atoms with Crippen LogP contribution in [0.1, 0.15) is 0 Å². The Morgan fingerprint density at radius 1 is 0.622 bits per heavy atom. The van der Waals surface area contributed by atoms with Crippen LogP contribution in [-0.2, 0) is 0 Å². The molecule has 0 unspecified atom stereocenters. The van der Waals surface area contributed by atoms with Gasteiger partial charge < -0.3 is 10.0 Å². The number of hydrogen-bond acceptors (Lipinski definition) is 7. The van der Waals surface area contributed by atoms with Gasteiger partial charge in [0.1, 0.15) is 0 Å². The molecule has 0 saturated heterocycles. The summed E-state index contributed by atoms with van der Waals surface area (Å²) in [5.41, 5.74) is 7.99. The maximum atomic E-state index is 5.07. The molecule has 0 spiro atoms. The van der Waals surface area contributed by atoms with Crippen LogP contribution in [0.4, 0.5) is 17.3 Å². The molecule has 0 fully saturated rings. The van der Waals surface area contributed by atoms with Crippen molar-refractivity contribution in [1.29, 1.82) is 0 Å². The standard InChI is InChI=1S/C29H18BN5S2/c1-3-8-18(9-4-1)27-31-28(19-10-5-2-6-11-19)33-29(32-27)35-23-15-17-37-26(23)21-13-7-12-20-24(21)30(35)34-22-14-16-36-25(20)22/h1-17,34H. The van der Waals surface area contributed by atoms with E-state index in [2.05, 4.69) is 51.1 Å². The third kappa shape index (κ3) is 3.19. The van der Waals surface area contributed by atoms with Crippen molar-refractivity contribution in [2.24, 2.45) is 0 Å². The summed E-state index contributed by atoms with van der Waals surface area (Å²) in [7, 11) is 0. The number of nitrogens with zero attached hydrogens (tertiary/aromatic N) is 4. The van der Waals surface area contributed by atoms with Gasteiger partial charge in [0.05, 0.1) is 15.4 Å². The Labute approximate surface area is 222 Å². The number of thiophene rings is 2. The molecule has 8 rings (SSSR count). The van der Waals surface area contributed by atoms with Crippen molar-refractivity contribution < 1.29 is 0 Å². The van der Waals surface area contributed by atoms with Crippen molar-refractivity contribution in [1.82, 2.24) is 15.0 Å². The molecule has 0 bridgehead atoms. The van der Waals surface area contributed by atoms with Gasteiger partial charge in [0.25, 0.3) is 0 Å². The average Bonchev–Trinajstić information content (AvgIpc) is 3.64. The van der Waals surface area contributed by atoms with Gasteiger partial charge in [-0.15, -0.1) is 22.7 Å². The van der Waals surface area contributed by atoms with E-state index in [-0.39, 0.29) is 6.98 Å². The summed E-state index contributed by atoms with van der Waals surface area (Å²) in [4.78, 5) is 19.8. The van der Waals surface area contributed by atoms with E-state index < -0.39 is 0 Å². The van der Waals surface area contributed by atoms with Crippen LogP contribution in [-0.4, -0.2) is 21.9 Å². The minimum Gasteiger partial charge on any atom is -0.404 e. The van der Waals surface area contributed by atoms with Gasteiger partial charge in [-0.1, -0.05) is 78.9 Å². The molecule has 8 heteroatoms. The fraction of sp³-hybridized carbons (Fsp3) is 0. The second-order valence-corrected chi connectivity index (χ2v) is 10.8. The SMILES string of the molecule is c1ccc(-c2nc(-c3ccccc3)nc(N3B4Nc5ccsc5-c5cccc(c54)-c4sccc43)n2)cc1. The Hall–Kier alpha value is -4.27. The van der Waals surface area contributed by atoms with Gasteiger partial charge in [-0.05, 0) is 39.5 Å². The first kappa shape index (κ1) is 20.9. The first-order chi connectivity index (χ1) is 18.3. The van der Waals surface area contributed by atoms with Crippen LogP contribution in [0, 0.1) is 0 Å². The van der Waals surface area contributed by atoms with Crippen LogP contribution in [0.5, 0.6) is 0 Å². The normalized spacial score (nSPS) is 13.0. The lowest BCUT2D eigenvalue weighted by atomic mass is 9.57. The fourth-order valence-electron chi connectivity index (χ4n) is 5.26. The summed E-state index contributed by atoms with van der Waals surface area (Å²) in [6.07, 6.45) is 0. The largest absolute Gasteiger partial charge is 0.417 e. The van der Waals surface area contributed by atoms with Crippen molar-refractivity contribution in [3.05, 3.63) is 102 Å². The van der Waals surface area contributed by atoms with E-state index >= 15 is 0 Å². The maximum Gasteiger partial charge on any atom is 0.417 e. The minimum absolute atomic E-state index is 0.134. The molecule has 37 heavy (non-hydrogen) atoms. The highest BCUT2D eigenvalue weighted by Gasteiger charge is 2.43. The molecular formula is C29H18BN5S2. The number of aromatic nitrogens is 3. The van der Waals surface area contributed by atoms with E-state index in [1.807, 2.05) is 60.7 Å². The molecule has 3 aromatic heterocycles. The molecule has 1 N–H and O–H groups in total. The summed E-state index contributed by atoms with van der Waals surface area (Å²) in [6, 6.07) is 31.2. The van der Waals surface area contributed by atoms with Crippen LogP contribution in [0.3, 0.4) is 0 Å². The smallest absolute Gasteiger partial charge is 0.404 e. The average molecular weight is 511 g/mol. The fourth-order valence-corrected chi connectivity index (χ4v) is 7.09. The first-order valence-corrected chi connectivity index (χ1v) is 13.8. The zero-order chi connectivity index (χ0) is 24.3. The maximum absolute atomic E-state index is 5.07. The van der Waals surface area contributed by atoms with Gasteiger partial charge >= 0.3 is 6.98 Å². The third-order valence-corrected chi connectivity index (χ3v) is 8.78. The van der Waals surface area contributed by atoms with Gasteiger partial charge in [0.15, 0.2) is 11.6 Å². The van der Waals surface area contributed by atoms with E-state index in [0.717, 1.165) is 22.5 Å². The van der Waals surface area contributed by atoms with E-state index in [9.17, 15) is 0 Å². The summed E-state index contributed by atoms with van der Waals surface area (Å²) in [5, 5.41) is 8.12. The molecule has 5 heterocycles. The second kappa shape index (κ2) is 8.13. The molecule has 174 valence electrons. The summed E-state index contributed by atoms with van der Waals surface area (Å²) >= 11 is 3.53. The molecule has 5 nitrogen and oxygen atoms in total. The topological polar surface area (TPSA) is 53.9 Å². The molecule has 2 aliphatic heterocycles. The van der Waals surface area contributed by atoms with E-state index in [0.29, 0.717) is 17.6 Å². The Bertz CT molecular complexity index is 1710. The summed E-state index contributed by atoms with van der Waals surface area (Å²) < 4.78 is 0. The number of rotatable bonds is 3. The van der Waals surface area contributed by atoms with Gasteiger partial charge in [-0.2, -0.15) is 9.97 Å². The van der Waals surface area contributed by atoms with Crippen LogP contribution in [0.25, 0.3) is 43.7 Å². The molecule has 0 aliphatic carbocycles. The lowest BCUT2D eigenvalue weighted by Gasteiger charge is -2.38. The predicted octanol–water partition coefficient (Wildman–Crippen LogP) is 6.94. The Balaban J connectivity index is 1.39. The van der Waals surface area contributed by atoms with Crippen LogP contribution < -0.4 is 15.5 Å². The lowest BCUT2D eigenvalue weighted by molar-refractivity contribution is 1.04. The monoisotopic (exact) mass is 511 g/mol. The van der Waals surface area contributed by atoms with Gasteiger partial charge in [0.2, 0.25) is 5.95 Å². The molecule has 3 aromatic carbocycles. The number of benzene rings is 3. The highest BCUT2D eigenvalue weighted by molar-refractivity contribution is 7.16. The molecule has 0 amide bonds. The van der Waals surface area contributed by atoms with Crippen molar-refractivity contribution in [2.45, 2.75) is 0 Å². The molecular weight excluding hydrogens is 493 g/mol. The third-order valence-electron chi connectivity index (χ3n) is 6.89. The molecule has 0 radical (unpaired) electrons. The Morgan fingerprint density at radius 2 is 1.24 bits per heavy atom. The van der Waals surface area contributed by atoms with E-state index in [1.54, 1.807) is 22.7 Å². The van der Waals surface area contributed by atoms with Crippen molar-refractivity contribution in [3.63, 3.8) is 0 Å².